The molecule has 132 valence electrons. The molecule has 0 unspecified atom stereocenters. The lowest BCUT2D eigenvalue weighted by Crippen LogP contribution is -2.34. The molecule has 4 nitrogen and oxygen atoms in total. The SMILES string of the molecule is Cc1cc(C)cc(C[C@@H](C(=O)Nc2ccccc2I)[C@@H](C)C(=O)O)c1. The Labute approximate surface area is 161 Å². The van der Waals surface area contributed by atoms with Gasteiger partial charge in [0, 0.05) is 3.57 Å². The van der Waals surface area contributed by atoms with Crippen molar-refractivity contribution in [3.05, 3.63) is 62.7 Å². The standard InChI is InChI=1S/C20H22INO3/c1-12-8-13(2)10-15(9-12)11-16(14(3)20(24)25)19(23)22-18-7-5-4-6-17(18)21/h4-10,14,16H,11H2,1-3H3,(H,22,23)(H,24,25)/t14-,16-/m1/s1. The molecule has 2 rings (SSSR count). The maximum Gasteiger partial charge on any atom is 0.307 e. The quantitative estimate of drug-likeness (QED) is 0.639. The van der Waals surface area contributed by atoms with Crippen LogP contribution in [0, 0.1) is 29.3 Å². The van der Waals surface area contributed by atoms with Gasteiger partial charge in [-0.25, -0.2) is 0 Å². The molecule has 0 saturated heterocycles. The average Bonchev–Trinajstić information content (AvgIpc) is 2.53. The fourth-order valence-corrected chi connectivity index (χ4v) is 3.42. The van der Waals surface area contributed by atoms with E-state index < -0.39 is 17.8 Å². The molecule has 2 aromatic rings. The highest BCUT2D eigenvalue weighted by Crippen LogP contribution is 2.24. The van der Waals surface area contributed by atoms with Crippen LogP contribution in [-0.4, -0.2) is 17.0 Å². The summed E-state index contributed by atoms with van der Waals surface area (Å²) in [5.74, 6) is -2.65. The number of amides is 1. The van der Waals surface area contributed by atoms with Gasteiger partial charge in [0.1, 0.15) is 0 Å². The minimum absolute atomic E-state index is 0.266. The normalized spacial score (nSPS) is 13.1. The van der Waals surface area contributed by atoms with Crippen molar-refractivity contribution < 1.29 is 14.7 Å². The number of hydrogen-bond acceptors (Lipinski definition) is 2. The van der Waals surface area contributed by atoms with Gasteiger partial charge in [0.25, 0.3) is 0 Å². The van der Waals surface area contributed by atoms with Crippen molar-refractivity contribution in [3.63, 3.8) is 0 Å². The molecule has 0 heterocycles. The summed E-state index contributed by atoms with van der Waals surface area (Å²) in [5.41, 5.74) is 3.90. The van der Waals surface area contributed by atoms with E-state index in [2.05, 4.69) is 34.0 Å². The van der Waals surface area contributed by atoms with Crippen LogP contribution in [0.5, 0.6) is 0 Å². The number of halogens is 1. The van der Waals surface area contributed by atoms with Gasteiger partial charge in [0.05, 0.1) is 17.5 Å². The molecule has 1 amide bonds. The maximum absolute atomic E-state index is 12.8. The fraction of sp³-hybridized carbons (Fsp3) is 0.300. The first-order valence-electron chi connectivity index (χ1n) is 8.13. The van der Waals surface area contributed by atoms with Crippen molar-refractivity contribution in [3.8, 4) is 0 Å². The zero-order chi connectivity index (χ0) is 18.6. The van der Waals surface area contributed by atoms with Gasteiger partial charge in [-0.15, -0.1) is 0 Å². The smallest absolute Gasteiger partial charge is 0.307 e. The molecule has 0 bridgehead atoms. The highest BCUT2D eigenvalue weighted by Gasteiger charge is 2.30. The lowest BCUT2D eigenvalue weighted by molar-refractivity contribution is -0.145. The van der Waals surface area contributed by atoms with E-state index >= 15 is 0 Å². The van der Waals surface area contributed by atoms with E-state index in [-0.39, 0.29) is 5.91 Å². The van der Waals surface area contributed by atoms with Crippen LogP contribution in [-0.2, 0) is 16.0 Å². The topological polar surface area (TPSA) is 66.4 Å². The average molecular weight is 451 g/mol. The van der Waals surface area contributed by atoms with Crippen molar-refractivity contribution in [2.24, 2.45) is 11.8 Å². The summed E-state index contributed by atoms with van der Waals surface area (Å²) in [6.45, 7) is 5.59. The molecule has 2 N–H and O–H groups in total. The van der Waals surface area contributed by atoms with Crippen LogP contribution in [0.25, 0.3) is 0 Å². The summed E-state index contributed by atoms with van der Waals surface area (Å²) < 4.78 is 0.918. The third kappa shape index (κ3) is 5.29. The third-order valence-corrected chi connectivity index (χ3v) is 5.14. The number of rotatable bonds is 6. The largest absolute Gasteiger partial charge is 0.481 e. The molecule has 0 aromatic heterocycles. The lowest BCUT2D eigenvalue weighted by atomic mass is 9.86. The predicted molar refractivity (Wildman–Crippen MR) is 108 cm³/mol. The monoisotopic (exact) mass is 451 g/mol. The van der Waals surface area contributed by atoms with Gasteiger partial charge in [-0.1, -0.05) is 48.4 Å². The second-order valence-electron chi connectivity index (χ2n) is 6.40. The second kappa shape index (κ2) is 8.47. The van der Waals surface area contributed by atoms with Crippen molar-refractivity contribution in [1.82, 2.24) is 0 Å². The van der Waals surface area contributed by atoms with E-state index in [1.54, 1.807) is 6.92 Å². The number of carboxylic acids is 1. The fourth-order valence-electron chi connectivity index (χ4n) is 2.90. The van der Waals surface area contributed by atoms with Crippen LogP contribution in [0.4, 0.5) is 5.69 Å². The van der Waals surface area contributed by atoms with Crippen molar-refractivity contribution >= 4 is 40.2 Å². The lowest BCUT2D eigenvalue weighted by Gasteiger charge is -2.21. The van der Waals surface area contributed by atoms with Crippen LogP contribution in [0.15, 0.2) is 42.5 Å². The van der Waals surface area contributed by atoms with Crippen molar-refractivity contribution in [2.45, 2.75) is 27.2 Å². The highest BCUT2D eigenvalue weighted by atomic mass is 127. The van der Waals surface area contributed by atoms with E-state index in [4.69, 9.17) is 0 Å². The van der Waals surface area contributed by atoms with E-state index in [9.17, 15) is 14.7 Å². The molecular formula is C20H22INO3. The number of carbonyl (C=O) groups excluding carboxylic acids is 1. The summed E-state index contributed by atoms with van der Waals surface area (Å²) in [6.07, 6.45) is 0.394. The molecular weight excluding hydrogens is 429 g/mol. The Hall–Kier alpha value is -1.89. The number of benzene rings is 2. The zero-order valence-electron chi connectivity index (χ0n) is 14.5. The van der Waals surface area contributed by atoms with E-state index in [1.807, 2.05) is 50.2 Å². The number of nitrogens with one attached hydrogen (secondary N) is 1. The number of carbonyl (C=O) groups is 2. The van der Waals surface area contributed by atoms with Gasteiger partial charge in [0.2, 0.25) is 5.91 Å². The van der Waals surface area contributed by atoms with Crippen LogP contribution in [0.3, 0.4) is 0 Å². The van der Waals surface area contributed by atoms with Gasteiger partial charge in [-0.2, -0.15) is 0 Å². The number of hydrogen-bond donors (Lipinski definition) is 2. The second-order valence-corrected chi connectivity index (χ2v) is 7.56. The Morgan fingerprint density at radius 3 is 2.28 bits per heavy atom. The molecule has 5 heteroatoms. The van der Waals surface area contributed by atoms with E-state index in [1.165, 1.54) is 0 Å². The zero-order valence-corrected chi connectivity index (χ0v) is 16.7. The Bertz CT molecular complexity index is 768. The van der Waals surface area contributed by atoms with Crippen LogP contribution >= 0.6 is 22.6 Å². The molecule has 0 aliphatic rings. The molecule has 2 aromatic carbocycles. The van der Waals surface area contributed by atoms with Gasteiger partial charge in [0.15, 0.2) is 0 Å². The third-order valence-electron chi connectivity index (χ3n) is 4.20. The summed E-state index contributed by atoms with van der Waals surface area (Å²) >= 11 is 2.15. The minimum atomic E-state index is -0.965. The maximum atomic E-state index is 12.8. The summed E-state index contributed by atoms with van der Waals surface area (Å²) in [5, 5.41) is 12.3. The molecule has 0 spiro atoms. The Kier molecular flexibility index (Phi) is 6.58. The molecule has 0 aliphatic carbocycles. The first kappa shape index (κ1) is 19.4. The molecule has 0 aliphatic heterocycles. The van der Waals surface area contributed by atoms with Gasteiger partial charge in [-0.05, 0) is 60.6 Å². The minimum Gasteiger partial charge on any atom is -0.481 e. The summed E-state index contributed by atoms with van der Waals surface area (Å²) in [7, 11) is 0. The number of anilines is 1. The van der Waals surface area contributed by atoms with Crippen LogP contribution in [0.2, 0.25) is 0 Å². The molecule has 25 heavy (non-hydrogen) atoms. The molecule has 0 fully saturated rings. The predicted octanol–water partition coefficient (Wildman–Crippen LogP) is 4.43. The number of para-hydroxylation sites is 1. The number of aryl methyl sites for hydroxylation is 2. The molecule has 0 radical (unpaired) electrons. The summed E-state index contributed by atoms with van der Waals surface area (Å²) in [4.78, 5) is 24.3. The Morgan fingerprint density at radius 1 is 1.12 bits per heavy atom. The number of carboxylic acid groups (broad SMARTS) is 1. The number of aliphatic carboxylic acids is 1. The van der Waals surface area contributed by atoms with Crippen LogP contribution < -0.4 is 5.32 Å². The summed E-state index contributed by atoms with van der Waals surface area (Å²) in [6, 6.07) is 13.5. The first-order chi connectivity index (χ1) is 11.8. The first-order valence-corrected chi connectivity index (χ1v) is 9.21. The Morgan fingerprint density at radius 2 is 1.72 bits per heavy atom. The van der Waals surface area contributed by atoms with Crippen LogP contribution in [0.1, 0.15) is 23.6 Å². The van der Waals surface area contributed by atoms with Gasteiger partial charge in [-0.3, -0.25) is 9.59 Å². The molecule has 0 saturated carbocycles. The van der Waals surface area contributed by atoms with E-state index in [0.29, 0.717) is 12.1 Å². The molecule has 2 atom stereocenters. The van der Waals surface area contributed by atoms with Gasteiger partial charge >= 0.3 is 5.97 Å². The van der Waals surface area contributed by atoms with Gasteiger partial charge < -0.3 is 10.4 Å². The highest BCUT2D eigenvalue weighted by molar-refractivity contribution is 14.1. The van der Waals surface area contributed by atoms with Crippen molar-refractivity contribution in [1.29, 1.82) is 0 Å². The van der Waals surface area contributed by atoms with E-state index in [0.717, 1.165) is 20.3 Å². The van der Waals surface area contributed by atoms with Crippen molar-refractivity contribution in [2.75, 3.05) is 5.32 Å². The Balaban J connectivity index is 2.27.